The molecule has 0 aromatic heterocycles. The number of methoxy groups -OCH3 is 1. The first-order valence-corrected chi connectivity index (χ1v) is 6.37. The van der Waals surface area contributed by atoms with Gasteiger partial charge in [-0.1, -0.05) is 13.0 Å². The molecule has 0 saturated heterocycles. The number of hydrogen-bond donors (Lipinski definition) is 1. The van der Waals surface area contributed by atoms with E-state index in [1.807, 2.05) is 0 Å². The van der Waals surface area contributed by atoms with E-state index in [2.05, 4.69) is 32.9 Å². The van der Waals surface area contributed by atoms with E-state index in [0.29, 0.717) is 11.8 Å². The van der Waals surface area contributed by atoms with E-state index in [9.17, 15) is 5.11 Å². The first-order valence-electron chi connectivity index (χ1n) is 6.37. The third-order valence-corrected chi connectivity index (χ3v) is 4.10. The molecule has 1 aromatic rings. The Bertz CT molecular complexity index is 412. The number of hydrogen-bond acceptors (Lipinski definition) is 2. The maximum Gasteiger partial charge on any atom is 0.122 e. The molecule has 94 valence electrons. The second-order valence-corrected chi connectivity index (χ2v) is 5.31. The van der Waals surface area contributed by atoms with Crippen LogP contribution in [0.2, 0.25) is 0 Å². The molecule has 1 aliphatic carbocycles. The number of aryl methyl sites for hydroxylation is 2. The van der Waals surface area contributed by atoms with E-state index in [-0.39, 0.29) is 6.10 Å². The first kappa shape index (κ1) is 12.4. The van der Waals surface area contributed by atoms with Gasteiger partial charge in [-0.25, -0.2) is 0 Å². The maximum absolute atomic E-state index is 9.90. The molecule has 1 aliphatic rings. The van der Waals surface area contributed by atoms with Crippen molar-refractivity contribution in [3.05, 3.63) is 28.8 Å². The maximum atomic E-state index is 9.90. The van der Waals surface area contributed by atoms with Crippen LogP contribution in [-0.2, 0) is 0 Å². The Kier molecular flexibility index (Phi) is 3.43. The summed E-state index contributed by atoms with van der Waals surface area (Å²) in [6.07, 6.45) is 1.80. The third kappa shape index (κ3) is 2.19. The van der Waals surface area contributed by atoms with Gasteiger partial charge >= 0.3 is 0 Å². The van der Waals surface area contributed by atoms with E-state index in [1.165, 1.54) is 16.7 Å². The van der Waals surface area contributed by atoms with Gasteiger partial charge in [0, 0.05) is 5.56 Å². The minimum atomic E-state index is -0.162. The van der Waals surface area contributed by atoms with Gasteiger partial charge in [-0.05, 0) is 55.7 Å². The lowest BCUT2D eigenvalue weighted by Crippen LogP contribution is -2.15. The monoisotopic (exact) mass is 234 g/mol. The molecule has 0 radical (unpaired) electrons. The molecule has 1 saturated carbocycles. The summed E-state index contributed by atoms with van der Waals surface area (Å²) in [6.45, 7) is 6.37. The van der Waals surface area contributed by atoms with Crippen molar-refractivity contribution in [1.82, 2.24) is 0 Å². The van der Waals surface area contributed by atoms with Crippen molar-refractivity contribution in [2.75, 3.05) is 7.11 Å². The predicted molar refractivity (Wildman–Crippen MR) is 69.6 cm³/mol. The topological polar surface area (TPSA) is 29.5 Å². The fourth-order valence-corrected chi connectivity index (χ4v) is 3.14. The molecule has 1 N–H and O–H groups in total. The van der Waals surface area contributed by atoms with Crippen molar-refractivity contribution in [3.8, 4) is 5.75 Å². The highest BCUT2D eigenvalue weighted by molar-refractivity contribution is 5.46. The number of ether oxygens (including phenoxy) is 1. The average Bonchev–Trinajstić information content (AvgIpc) is 2.59. The lowest BCUT2D eigenvalue weighted by molar-refractivity contribution is 0.136. The Labute approximate surface area is 104 Å². The van der Waals surface area contributed by atoms with Crippen molar-refractivity contribution in [3.63, 3.8) is 0 Å². The van der Waals surface area contributed by atoms with Crippen LogP contribution in [0, 0.1) is 19.8 Å². The van der Waals surface area contributed by atoms with Crippen LogP contribution in [0.4, 0.5) is 0 Å². The summed E-state index contributed by atoms with van der Waals surface area (Å²) in [5.41, 5.74) is 3.81. The van der Waals surface area contributed by atoms with Gasteiger partial charge < -0.3 is 9.84 Å². The van der Waals surface area contributed by atoms with E-state index < -0.39 is 0 Å². The number of aliphatic hydroxyl groups is 1. The van der Waals surface area contributed by atoms with Gasteiger partial charge in [0.25, 0.3) is 0 Å². The van der Waals surface area contributed by atoms with E-state index in [0.717, 1.165) is 18.6 Å². The Morgan fingerprint density at radius 3 is 2.47 bits per heavy atom. The van der Waals surface area contributed by atoms with Crippen LogP contribution in [0.3, 0.4) is 0 Å². The molecule has 0 amide bonds. The Hall–Kier alpha value is -1.02. The Morgan fingerprint density at radius 2 is 1.94 bits per heavy atom. The van der Waals surface area contributed by atoms with Gasteiger partial charge in [0.05, 0.1) is 13.2 Å². The zero-order valence-electron chi connectivity index (χ0n) is 11.2. The van der Waals surface area contributed by atoms with Crippen LogP contribution in [0.25, 0.3) is 0 Å². The summed E-state index contributed by atoms with van der Waals surface area (Å²) in [5, 5.41) is 9.90. The van der Waals surface area contributed by atoms with Crippen molar-refractivity contribution < 1.29 is 9.84 Å². The van der Waals surface area contributed by atoms with Crippen molar-refractivity contribution in [2.24, 2.45) is 5.92 Å². The van der Waals surface area contributed by atoms with Crippen LogP contribution < -0.4 is 4.74 Å². The molecule has 1 fully saturated rings. The quantitative estimate of drug-likeness (QED) is 0.851. The third-order valence-electron chi connectivity index (χ3n) is 4.10. The van der Waals surface area contributed by atoms with Gasteiger partial charge in [0.15, 0.2) is 0 Å². The molecule has 0 aliphatic heterocycles. The van der Waals surface area contributed by atoms with Crippen LogP contribution in [0.1, 0.15) is 42.4 Å². The molecule has 0 heterocycles. The van der Waals surface area contributed by atoms with Crippen LogP contribution in [0.5, 0.6) is 5.75 Å². The highest BCUT2D eigenvalue weighted by atomic mass is 16.5. The molecule has 0 bridgehead atoms. The van der Waals surface area contributed by atoms with Crippen LogP contribution in [-0.4, -0.2) is 18.3 Å². The molecule has 1 aromatic carbocycles. The summed E-state index contributed by atoms with van der Waals surface area (Å²) >= 11 is 0. The second kappa shape index (κ2) is 4.69. The summed E-state index contributed by atoms with van der Waals surface area (Å²) in [7, 11) is 1.73. The SMILES string of the molecule is COc1cc(C)cc(C)c1C1CCC(O)C1C. The zero-order chi connectivity index (χ0) is 12.6. The molecule has 2 rings (SSSR count). The minimum Gasteiger partial charge on any atom is -0.496 e. The van der Waals surface area contributed by atoms with Gasteiger partial charge in [-0.15, -0.1) is 0 Å². The zero-order valence-corrected chi connectivity index (χ0v) is 11.2. The number of rotatable bonds is 2. The van der Waals surface area contributed by atoms with Gasteiger partial charge in [-0.2, -0.15) is 0 Å². The molecule has 3 atom stereocenters. The standard InChI is InChI=1S/C15H22O2/c1-9-7-10(2)15(14(8-9)17-4)12-5-6-13(16)11(12)3/h7-8,11-13,16H,5-6H2,1-4H3. The molecule has 17 heavy (non-hydrogen) atoms. The fourth-order valence-electron chi connectivity index (χ4n) is 3.14. The molecule has 2 nitrogen and oxygen atoms in total. The van der Waals surface area contributed by atoms with E-state index in [1.54, 1.807) is 7.11 Å². The number of aliphatic hydroxyl groups excluding tert-OH is 1. The highest BCUT2D eigenvalue weighted by Gasteiger charge is 2.34. The van der Waals surface area contributed by atoms with Crippen LogP contribution in [0.15, 0.2) is 12.1 Å². The first-order chi connectivity index (χ1) is 8.04. The predicted octanol–water partition coefficient (Wildman–Crippen LogP) is 3.19. The Balaban J connectivity index is 2.44. The summed E-state index contributed by atoms with van der Waals surface area (Å²) < 4.78 is 5.52. The lowest BCUT2D eigenvalue weighted by atomic mass is 9.85. The molecule has 2 heteroatoms. The van der Waals surface area contributed by atoms with E-state index >= 15 is 0 Å². The summed E-state index contributed by atoms with van der Waals surface area (Å²) in [6, 6.07) is 4.30. The van der Waals surface area contributed by atoms with E-state index in [4.69, 9.17) is 4.74 Å². The molecule has 0 spiro atoms. The number of benzene rings is 1. The molecular weight excluding hydrogens is 212 g/mol. The highest BCUT2D eigenvalue weighted by Crippen LogP contribution is 2.44. The normalized spacial score (nSPS) is 28.4. The largest absolute Gasteiger partial charge is 0.496 e. The second-order valence-electron chi connectivity index (χ2n) is 5.31. The minimum absolute atomic E-state index is 0.162. The molecule has 3 unspecified atom stereocenters. The van der Waals surface area contributed by atoms with Crippen molar-refractivity contribution >= 4 is 0 Å². The summed E-state index contributed by atoms with van der Waals surface area (Å²) in [4.78, 5) is 0. The molecular formula is C15H22O2. The fraction of sp³-hybridized carbons (Fsp3) is 0.600. The van der Waals surface area contributed by atoms with Gasteiger partial charge in [0.1, 0.15) is 5.75 Å². The summed E-state index contributed by atoms with van der Waals surface area (Å²) in [5.74, 6) is 1.74. The average molecular weight is 234 g/mol. The van der Waals surface area contributed by atoms with Gasteiger partial charge in [0.2, 0.25) is 0 Å². The van der Waals surface area contributed by atoms with Crippen molar-refractivity contribution in [1.29, 1.82) is 0 Å². The van der Waals surface area contributed by atoms with Crippen LogP contribution >= 0.6 is 0 Å². The lowest BCUT2D eigenvalue weighted by Gasteiger charge is -2.23. The Morgan fingerprint density at radius 1 is 1.24 bits per heavy atom. The smallest absolute Gasteiger partial charge is 0.122 e. The van der Waals surface area contributed by atoms with Gasteiger partial charge in [-0.3, -0.25) is 0 Å². The van der Waals surface area contributed by atoms with Crippen molar-refractivity contribution in [2.45, 2.75) is 45.6 Å².